The van der Waals surface area contributed by atoms with E-state index in [1.54, 1.807) is 0 Å². The average Bonchev–Trinajstić information content (AvgIpc) is 2.32. The summed E-state index contributed by atoms with van der Waals surface area (Å²) in [5.41, 5.74) is 2.74. The van der Waals surface area contributed by atoms with Gasteiger partial charge < -0.3 is 0 Å². The Bertz CT molecular complexity index is 295. The van der Waals surface area contributed by atoms with Gasteiger partial charge in [0.15, 0.2) is 0 Å². The predicted octanol–water partition coefficient (Wildman–Crippen LogP) is 6.90. The molecule has 116 valence electrons. The lowest BCUT2D eigenvalue weighted by Gasteiger charge is -2.14. The van der Waals surface area contributed by atoms with Crippen LogP contribution in [0.4, 0.5) is 0 Å². The molecule has 0 heterocycles. The smallest absolute Gasteiger partial charge is 0.0857 e. The van der Waals surface area contributed by atoms with E-state index in [-0.39, 0.29) is 0 Å². The molecule has 0 saturated carbocycles. The normalized spacial score (nSPS) is 9.85. The Morgan fingerprint density at radius 1 is 0.700 bits per heavy atom. The minimum absolute atomic E-state index is 0.833. The van der Waals surface area contributed by atoms with Crippen LogP contribution in [-0.2, 0) is 0 Å². The molecule has 20 heavy (non-hydrogen) atoms. The summed E-state index contributed by atoms with van der Waals surface area (Å²) in [4.78, 5) is 0. The van der Waals surface area contributed by atoms with E-state index < -0.39 is 0 Å². The summed E-state index contributed by atoms with van der Waals surface area (Å²) < 4.78 is 0. The van der Waals surface area contributed by atoms with Gasteiger partial charge in [-0.15, -0.1) is 0 Å². The van der Waals surface area contributed by atoms with Gasteiger partial charge in [0.1, 0.15) is 6.71 Å². The van der Waals surface area contributed by atoms with Gasteiger partial charge in [0.25, 0.3) is 0 Å². The third kappa shape index (κ3) is 13.7. The Balaban J connectivity index is 0. The van der Waals surface area contributed by atoms with E-state index in [1.165, 1.54) is 11.1 Å². The van der Waals surface area contributed by atoms with Crippen molar-refractivity contribution in [3.63, 3.8) is 0 Å². The van der Waals surface area contributed by atoms with Gasteiger partial charge in [0.05, 0.1) is 0 Å². The molecular formula is C19H37B. The van der Waals surface area contributed by atoms with E-state index in [9.17, 15) is 0 Å². The van der Waals surface area contributed by atoms with Crippen molar-refractivity contribution in [2.75, 3.05) is 0 Å². The van der Waals surface area contributed by atoms with Gasteiger partial charge in [0.2, 0.25) is 0 Å². The zero-order valence-electron chi connectivity index (χ0n) is 15.6. The molecule has 0 bridgehead atoms. The molecule has 0 spiro atoms. The fraction of sp³-hybridized carbons (Fsp3) is 0.684. The zero-order valence-corrected chi connectivity index (χ0v) is 15.6. The Labute approximate surface area is 129 Å². The van der Waals surface area contributed by atoms with Crippen molar-refractivity contribution in [1.82, 2.24) is 0 Å². The molecular weight excluding hydrogens is 239 g/mol. The van der Waals surface area contributed by atoms with Gasteiger partial charge in [-0.05, 0) is 30.9 Å². The van der Waals surface area contributed by atoms with Crippen LogP contribution in [0.15, 0.2) is 24.3 Å². The van der Waals surface area contributed by atoms with E-state index >= 15 is 0 Å². The highest BCUT2D eigenvalue weighted by molar-refractivity contribution is 6.60. The molecule has 0 N–H and O–H groups in total. The molecule has 0 amide bonds. The fourth-order valence-electron chi connectivity index (χ4n) is 1.43. The maximum Gasteiger partial charge on any atom is 0.142 e. The molecule has 0 aliphatic rings. The van der Waals surface area contributed by atoms with Crippen molar-refractivity contribution in [2.45, 2.75) is 80.8 Å². The van der Waals surface area contributed by atoms with E-state index in [1.807, 2.05) is 0 Å². The molecule has 0 saturated heterocycles. The first-order valence-electron chi connectivity index (χ1n) is 8.11. The van der Waals surface area contributed by atoms with Crippen LogP contribution >= 0.6 is 0 Å². The van der Waals surface area contributed by atoms with Crippen molar-refractivity contribution in [1.29, 1.82) is 0 Å². The third-order valence-corrected chi connectivity index (χ3v) is 3.53. The highest BCUT2D eigenvalue weighted by atomic mass is 13.9. The van der Waals surface area contributed by atoms with Gasteiger partial charge in [0, 0.05) is 0 Å². The van der Waals surface area contributed by atoms with E-state index in [4.69, 9.17) is 0 Å². The Morgan fingerprint density at radius 3 is 1.05 bits per heavy atom. The highest BCUT2D eigenvalue weighted by Crippen LogP contribution is 2.18. The first-order valence-corrected chi connectivity index (χ1v) is 8.11. The summed E-state index contributed by atoms with van der Waals surface area (Å²) in [6.07, 6.45) is 0. The maximum absolute atomic E-state index is 2.31. The monoisotopic (exact) mass is 276 g/mol. The fourth-order valence-corrected chi connectivity index (χ4v) is 1.43. The van der Waals surface area contributed by atoms with E-state index in [0.29, 0.717) is 0 Å². The lowest BCUT2D eigenvalue weighted by Crippen LogP contribution is -2.15. The second-order valence-corrected chi connectivity index (χ2v) is 7.16. The maximum atomic E-state index is 2.31. The number of benzene rings is 1. The molecule has 0 radical (unpaired) electrons. The van der Waals surface area contributed by atoms with Crippen LogP contribution in [0.5, 0.6) is 0 Å². The van der Waals surface area contributed by atoms with Gasteiger partial charge in [-0.2, -0.15) is 0 Å². The first kappa shape index (κ1) is 21.6. The topological polar surface area (TPSA) is 0 Å². The van der Waals surface area contributed by atoms with Crippen molar-refractivity contribution < 1.29 is 0 Å². The molecule has 0 aromatic heterocycles. The molecule has 0 aliphatic heterocycles. The highest BCUT2D eigenvalue weighted by Gasteiger charge is 2.14. The van der Waals surface area contributed by atoms with Gasteiger partial charge in [-0.3, -0.25) is 0 Å². The number of rotatable bonds is 2. The average molecular weight is 276 g/mol. The van der Waals surface area contributed by atoms with Crippen LogP contribution in [0.25, 0.3) is 0 Å². The Hall–Kier alpha value is -0.715. The predicted molar refractivity (Wildman–Crippen MR) is 98.2 cm³/mol. The second kappa shape index (κ2) is 12.1. The minimum Gasteiger partial charge on any atom is -0.0857 e. The molecule has 0 atom stereocenters. The lowest BCUT2D eigenvalue weighted by atomic mass is 9.37. The standard InChI is InChI=1S/C8H10.C7H17B.C4H10/c1-7-5-3-4-6-8(7)2;1-6(2)8(5)7(3)4;1-4(2)3/h3-6H,1-2H3;6-7H,1-5H3;4H,1-3H3. The van der Waals surface area contributed by atoms with Gasteiger partial charge in [-0.25, -0.2) is 0 Å². The van der Waals surface area contributed by atoms with Crippen molar-refractivity contribution >= 4 is 6.71 Å². The molecule has 1 aromatic carbocycles. The third-order valence-electron chi connectivity index (χ3n) is 3.53. The molecule has 1 rings (SSSR count). The molecule has 0 aliphatic carbocycles. The number of hydrogen-bond acceptors (Lipinski definition) is 0. The minimum atomic E-state index is 0.833. The van der Waals surface area contributed by atoms with E-state index in [2.05, 4.69) is 93.4 Å². The number of hydrogen-bond donors (Lipinski definition) is 0. The summed E-state index contributed by atoms with van der Waals surface area (Å²) in [5, 5.41) is 0. The zero-order chi connectivity index (χ0) is 16.3. The SMILES string of the molecule is CB(C(C)C)C(C)C.CC(C)C.Cc1ccccc1C. The van der Waals surface area contributed by atoms with E-state index in [0.717, 1.165) is 24.3 Å². The van der Waals surface area contributed by atoms with Crippen LogP contribution in [0.2, 0.25) is 18.5 Å². The largest absolute Gasteiger partial charge is 0.142 e. The summed E-state index contributed by atoms with van der Waals surface area (Å²) in [5.74, 6) is 2.52. The molecule has 1 aromatic rings. The first-order chi connectivity index (χ1) is 9.09. The summed E-state index contributed by atoms with van der Waals surface area (Å²) in [7, 11) is 0. The van der Waals surface area contributed by atoms with Gasteiger partial charge >= 0.3 is 0 Å². The van der Waals surface area contributed by atoms with Crippen LogP contribution < -0.4 is 0 Å². The van der Waals surface area contributed by atoms with Crippen LogP contribution in [0, 0.1) is 19.8 Å². The Kier molecular flexibility index (Phi) is 13.0. The quantitative estimate of drug-likeness (QED) is 0.515. The summed E-state index contributed by atoms with van der Waals surface area (Å²) in [6.45, 7) is 23.1. The molecule has 0 unspecified atom stereocenters. The second-order valence-electron chi connectivity index (χ2n) is 7.16. The van der Waals surface area contributed by atoms with Crippen molar-refractivity contribution in [3.8, 4) is 0 Å². The van der Waals surface area contributed by atoms with Crippen LogP contribution in [0.1, 0.15) is 59.6 Å². The lowest BCUT2D eigenvalue weighted by molar-refractivity contribution is 0.737. The molecule has 0 fully saturated rings. The summed E-state index contributed by atoms with van der Waals surface area (Å²) >= 11 is 0. The van der Waals surface area contributed by atoms with Crippen LogP contribution in [0.3, 0.4) is 0 Å². The number of aryl methyl sites for hydroxylation is 2. The summed E-state index contributed by atoms with van der Waals surface area (Å²) in [6, 6.07) is 8.36. The van der Waals surface area contributed by atoms with Crippen molar-refractivity contribution in [2.24, 2.45) is 5.92 Å². The molecule has 0 nitrogen and oxygen atoms in total. The molecule has 1 heteroatoms. The van der Waals surface area contributed by atoms with Crippen LogP contribution in [-0.4, -0.2) is 6.71 Å². The van der Waals surface area contributed by atoms with Crippen molar-refractivity contribution in [3.05, 3.63) is 35.4 Å². The van der Waals surface area contributed by atoms with Gasteiger partial charge in [-0.1, -0.05) is 91.2 Å². The Morgan fingerprint density at radius 2 is 0.950 bits per heavy atom.